The molecule has 7 nitrogen and oxygen atoms in total. The Hall–Kier alpha value is -1.89. The third kappa shape index (κ3) is 3.81. The van der Waals surface area contributed by atoms with E-state index in [1.165, 1.54) is 22.7 Å². The lowest BCUT2D eigenvalue weighted by Crippen LogP contribution is -2.42. The van der Waals surface area contributed by atoms with Crippen molar-refractivity contribution in [2.24, 2.45) is 25.7 Å². The van der Waals surface area contributed by atoms with E-state index in [-0.39, 0.29) is 29.6 Å². The molecule has 118 valence electrons. The molecular weight excluding hydrogens is 272 g/mol. The van der Waals surface area contributed by atoms with Gasteiger partial charge in [-0.1, -0.05) is 13.3 Å². The standard InChI is InChI=1S/C14H24N4O3/c1-5-6-10(7-15)12(19)16(2)8-11-9-17(3)14(21)18(4)13(11)20/h9-10H,5-8,15H2,1-4H3. The third-order valence-electron chi connectivity index (χ3n) is 3.57. The van der Waals surface area contributed by atoms with Gasteiger partial charge in [-0.15, -0.1) is 0 Å². The van der Waals surface area contributed by atoms with E-state index in [9.17, 15) is 14.4 Å². The first kappa shape index (κ1) is 17.2. The summed E-state index contributed by atoms with van der Waals surface area (Å²) in [6, 6.07) is 0. The zero-order chi connectivity index (χ0) is 16.2. The van der Waals surface area contributed by atoms with Gasteiger partial charge in [-0.05, 0) is 6.42 Å². The van der Waals surface area contributed by atoms with Crippen molar-refractivity contribution >= 4 is 5.91 Å². The number of rotatable bonds is 6. The number of aryl methyl sites for hydroxylation is 1. The summed E-state index contributed by atoms with van der Waals surface area (Å²) in [6.45, 7) is 2.46. The Balaban J connectivity index is 2.99. The fourth-order valence-electron chi connectivity index (χ4n) is 2.33. The highest BCUT2D eigenvalue weighted by Crippen LogP contribution is 2.09. The highest BCUT2D eigenvalue weighted by molar-refractivity contribution is 5.78. The van der Waals surface area contributed by atoms with Crippen LogP contribution in [0.4, 0.5) is 0 Å². The van der Waals surface area contributed by atoms with Gasteiger partial charge in [-0.3, -0.25) is 14.2 Å². The highest BCUT2D eigenvalue weighted by Gasteiger charge is 2.21. The average Bonchev–Trinajstić information content (AvgIpc) is 2.47. The minimum Gasteiger partial charge on any atom is -0.341 e. The second-order valence-electron chi connectivity index (χ2n) is 5.33. The van der Waals surface area contributed by atoms with Crippen molar-refractivity contribution in [2.45, 2.75) is 26.3 Å². The molecule has 0 saturated heterocycles. The maximum absolute atomic E-state index is 12.3. The average molecular weight is 296 g/mol. The van der Waals surface area contributed by atoms with Crippen LogP contribution in [0.3, 0.4) is 0 Å². The molecule has 0 aromatic carbocycles. The topological polar surface area (TPSA) is 90.3 Å². The molecule has 1 aromatic heterocycles. The van der Waals surface area contributed by atoms with Gasteiger partial charge in [-0.25, -0.2) is 4.79 Å². The van der Waals surface area contributed by atoms with Gasteiger partial charge >= 0.3 is 5.69 Å². The number of carbonyl (C=O) groups is 1. The maximum atomic E-state index is 12.3. The van der Waals surface area contributed by atoms with E-state index in [0.29, 0.717) is 12.1 Å². The quantitative estimate of drug-likeness (QED) is 0.760. The van der Waals surface area contributed by atoms with Crippen LogP contribution in [0.25, 0.3) is 0 Å². The van der Waals surface area contributed by atoms with Crippen LogP contribution in [-0.2, 0) is 25.4 Å². The zero-order valence-corrected chi connectivity index (χ0v) is 13.1. The van der Waals surface area contributed by atoms with E-state index in [2.05, 4.69) is 0 Å². The molecule has 7 heteroatoms. The lowest BCUT2D eigenvalue weighted by molar-refractivity contribution is -0.134. The minimum atomic E-state index is -0.386. The Bertz CT molecular complexity index is 618. The Kier molecular flexibility index (Phi) is 5.90. The lowest BCUT2D eigenvalue weighted by atomic mass is 10.0. The molecule has 0 bridgehead atoms. The van der Waals surface area contributed by atoms with Crippen LogP contribution in [0, 0.1) is 5.92 Å². The Morgan fingerprint density at radius 2 is 2.00 bits per heavy atom. The van der Waals surface area contributed by atoms with Gasteiger partial charge in [0.1, 0.15) is 0 Å². The van der Waals surface area contributed by atoms with Crippen molar-refractivity contribution < 1.29 is 4.79 Å². The number of hydrogen-bond acceptors (Lipinski definition) is 4. The number of carbonyl (C=O) groups excluding carboxylic acids is 1. The first-order valence-corrected chi connectivity index (χ1v) is 7.04. The molecule has 0 aliphatic carbocycles. The minimum absolute atomic E-state index is 0.0738. The van der Waals surface area contributed by atoms with E-state index in [0.717, 1.165) is 17.4 Å². The largest absolute Gasteiger partial charge is 0.341 e. The summed E-state index contributed by atoms with van der Waals surface area (Å²) < 4.78 is 2.38. The molecular formula is C14H24N4O3. The summed E-state index contributed by atoms with van der Waals surface area (Å²) in [4.78, 5) is 37.5. The van der Waals surface area contributed by atoms with E-state index < -0.39 is 0 Å². The summed E-state index contributed by atoms with van der Waals surface area (Å²) in [5.74, 6) is -0.299. The van der Waals surface area contributed by atoms with Gasteiger partial charge in [0.05, 0.1) is 18.0 Å². The monoisotopic (exact) mass is 296 g/mol. The number of amides is 1. The van der Waals surface area contributed by atoms with Gasteiger partial charge in [0.2, 0.25) is 5.91 Å². The molecule has 0 fully saturated rings. The number of hydrogen-bond donors (Lipinski definition) is 1. The Labute approximate surface area is 124 Å². The molecule has 1 unspecified atom stereocenters. The van der Waals surface area contributed by atoms with Crippen molar-refractivity contribution in [3.8, 4) is 0 Å². The summed E-state index contributed by atoms with van der Waals surface area (Å²) in [5, 5.41) is 0. The Morgan fingerprint density at radius 1 is 1.38 bits per heavy atom. The van der Waals surface area contributed by atoms with Crippen LogP contribution in [0.15, 0.2) is 15.8 Å². The van der Waals surface area contributed by atoms with E-state index in [1.807, 2.05) is 6.92 Å². The van der Waals surface area contributed by atoms with Crippen molar-refractivity contribution in [3.63, 3.8) is 0 Å². The normalized spacial score (nSPS) is 12.2. The third-order valence-corrected chi connectivity index (χ3v) is 3.57. The molecule has 0 spiro atoms. The van der Waals surface area contributed by atoms with E-state index in [4.69, 9.17) is 5.73 Å². The van der Waals surface area contributed by atoms with Gasteiger partial charge in [0, 0.05) is 33.9 Å². The number of aromatic nitrogens is 2. The van der Waals surface area contributed by atoms with Crippen LogP contribution in [0.2, 0.25) is 0 Å². The molecule has 1 atom stereocenters. The molecule has 0 saturated carbocycles. The fourth-order valence-corrected chi connectivity index (χ4v) is 2.33. The first-order chi connectivity index (χ1) is 9.83. The second kappa shape index (κ2) is 7.21. The molecule has 1 amide bonds. The highest BCUT2D eigenvalue weighted by atomic mass is 16.2. The fraction of sp³-hybridized carbons (Fsp3) is 0.643. The summed E-state index contributed by atoms with van der Waals surface area (Å²) >= 11 is 0. The predicted octanol–water partition coefficient (Wildman–Crippen LogP) is -0.583. The van der Waals surface area contributed by atoms with Gasteiger partial charge in [-0.2, -0.15) is 0 Å². The molecule has 1 aromatic rings. The maximum Gasteiger partial charge on any atom is 0.330 e. The van der Waals surface area contributed by atoms with Crippen LogP contribution < -0.4 is 17.0 Å². The van der Waals surface area contributed by atoms with Crippen molar-refractivity contribution in [2.75, 3.05) is 13.6 Å². The Morgan fingerprint density at radius 3 is 2.52 bits per heavy atom. The molecule has 2 N–H and O–H groups in total. The number of nitrogens with two attached hydrogens (primary N) is 1. The number of nitrogens with zero attached hydrogens (tertiary/aromatic N) is 3. The summed E-state index contributed by atoms with van der Waals surface area (Å²) in [5.41, 5.74) is 5.27. The van der Waals surface area contributed by atoms with Crippen molar-refractivity contribution in [3.05, 3.63) is 32.6 Å². The smallest absolute Gasteiger partial charge is 0.330 e. The van der Waals surface area contributed by atoms with Gasteiger partial charge in [0.25, 0.3) is 5.56 Å². The summed E-state index contributed by atoms with van der Waals surface area (Å²) in [6.07, 6.45) is 3.08. The zero-order valence-electron chi connectivity index (χ0n) is 13.1. The van der Waals surface area contributed by atoms with Crippen LogP contribution in [0.5, 0.6) is 0 Å². The molecule has 0 aliphatic heterocycles. The molecule has 1 heterocycles. The first-order valence-electron chi connectivity index (χ1n) is 7.04. The van der Waals surface area contributed by atoms with E-state index in [1.54, 1.807) is 14.1 Å². The predicted molar refractivity (Wildman–Crippen MR) is 80.9 cm³/mol. The molecule has 0 radical (unpaired) electrons. The van der Waals surface area contributed by atoms with Gasteiger partial charge in [0.15, 0.2) is 0 Å². The van der Waals surface area contributed by atoms with E-state index >= 15 is 0 Å². The van der Waals surface area contributed by atoms with Crippen molar-refractivity contribution in [1.82, 2.24) is 14.0 Å². The van der Waals surface area contributed by atoms with Gasteiger partial charge < -0.3 is 15.2 Å². The van der Waals surface area contributed by atoms with Crippen molar-refractivity contribution in [1.29, 1.82) is 0 Å². The molecule has 21 heavy (non-hydrogen) atoms. The summed E-state index contributed by atoms with van der Waals surface area (Å²) in [7, 11) is 4.65. The molecule has 1 rings (SSSR count). The van der Waals surface area contributed by atoms with Crippen LogP contribution in [0.1, 0.15) is 25.3 Å². The van der Waals surface area contributed by atoms with Crippen LogP contribution >= 0.6 is 0 Å². The SMILES string of the molecule is CCCC(CN)C(=O)N(C)Cc1cn(C)c(=O)n(C)c1=O. The van der Waals surface area contributed by atoms with Crippen LogP contribution in [-0.4, -0.2) is 33.5 Å². The second-order valence-corrected chi connectivity index (χ2v) is 5.33. The lowest BCUT2D eigenvalue weighted by Gasteiger charge is -2.22. The molecule has 0 aliphatic rings.